The first-order valence-corrected chi connectivity index (χ1v) is 19.5. The molecule has 166 valence electrons. The van der Waals surface area contributed by atoms with E-state index in [9.17, 15) is 5.26 Å². The first-order chi connectivity index (χ1) is 15.1. The van der Waals surface area contributed by atoms with Gasteiger partial charge in [0.1, 0.15) is 0 Å². The third-order valence-electron chi connectivity index (χ3n) is 6.36. The van der Waals surface area contributed by atoms with E-state index < -0.39 is 18.4 Å². The van der Waals surface area contributed by atoms with Gasteiger partial charge in [-0.25, -0.2) is 0 Å². The molecule has 3 heteroatoms. The molecule has 0 fully saturated rings. The van der Waals surface area contributed by atoms with Gasteiger partial charge in [-0.15, -0.1) is 0 Å². The minimum absolute atomic E-state index is 0.733. The van der Waals surface area contributed by atoms with E-state index in [0.717, 1.165) is 11.3 Å². The molecule has 0 spiro atoms. The van der Waals surface area contributed by atoms with Crippen LogP contribution in [0.25, 0.3) is 9.67 Å². The molecule has 0 heterocycles. The van der Waals surface area contributed by atoms with Gasteiger partial charge in [-0.05, 0) is 0 Å². The van der Waals surface area contributed by atoms with Crippen molar-refractivity contribution in [3.8, 4) is 11.8 Å². The average molecular weight is 524 g/mol. The van der Waals surface area contributed by atoms with Crippen LogP contribution in [0.2, 0.25) is 13.3 Å². The molecule has 0 bridgehead atoms. The molecule has 2 aromatic carbocycles. The molecule has 0 N–H and O–H groups in total. The Bertz CT molecular complexity index is 842. The van der Waals surface area contributed by atoms with Gasteiger partial charge in [-0.3, -0.25) is 0 Å². The zero-order chi connectivity index (χ0) is 22.5. The van der Waals surface area contributed by atoms with E-state index in [-0.39, 0.29) is 0 Å². The van der Waals surface area contributed by atoms with Crippen LogP contribution in [0.4, 0.5) is 0 Å². The molecule has 0 aliphatic carbocycles. The fourth-order valence-electron chi connectivity index (χ4n) is 4.53. The van der Waals surface area contributed by atoms with Crippen LogP contribution in [0, 0.1) is 11.3 Å². The third kappa shape index (κ3) is 7.14. The topological polar surface area (TPSA) is 33.0 Å². The summed E-state index contributed by atoms with van der Waals surface area (Å²) < 4.78 is 11.5. The van der Waals surface area contributed by atoms with Gasteiger partial charge in [0.25, 0.3) is 0 Å². The van der Waals surface area contributed by atoms with Gasteiger partial charge in [0, 0.05) is 0 Å². The molecule has 2 nitrogen and oxygen atoms in total. The number of hydrogen-bond acceptors (Lipinski definition) is 2. The Morgan fingerprint density at radius 3 is 1.90 bits per heavy atom. The third-order valence-corrected chi connectivity index (χ3v) is 22.1. The van der Waals surface area contributed by atoms with E-state index in [0.29, 0.717) is 0 Å². The number of unbranched alkanes of at least 4 members (excludes halogenated alkanes) is 3. The van der Waals surface area contributed by atoms with Crippen molar-refractivity contribution in [2.75, 3.05) is 7.11 Å². The number of methoxy groups -OCH3 is 1. The molecule has 0 aliphatic heterocycles. The predicted octanol–water partition coefficient (Wildman–Crippen LogP) is 8.50. The fraction of sp³-hybridized carbons (Fsp3) is 0.464. The molecule has 0 aromatic heterocycles. The number of ether oxygens (including phenoxy) is 1. The van der Waals surface area contributed by atoms with Gasteiger partial charge in [0.05, 0.1) is 0 Å². The molecule has 0 saturated carbocycles. The van der Waals surface area contributed by atoms with E-state index in [2.05, 4.69) is 63.2 Å². The van der Waals surface area contributed by atoms with Crippen molar-refractivity contribution in [1.29, 1.82) is 5.26 Å². The number of nitriles is 1. The molecule has 0 atom stereocenters. The van der Waals surface area contributed by atoms with Gasteiger partial charge < -0.3 is 0 Å². The predicted molar refractivity (Wildman–Crippen MR) is 137 cm³/mol. The standard InChI is InChI=1S/C16H12NO.3C4H9.Sn/c1-18-16-5-3-2-4-15(16)11-10-13-6-8-14(12-17)9-7-13;3*1-3-4-2;/h2-9,11H,1H3;3*1,3-4H2,2H3;. The van der Waals surface area contributed by atoms with Crippen LogP contribution < -0.4 is 4.74 Å². The van der Waals surface area contributed by atoms with Crippen LogP contribution in [0.3, 0.4) is 0 Å². The van der Waals surface area contributed by atoms with Crippen molar-refractivity contribution in [3.05, 3.63) is 65.2 Å². The summed E-state index contributed by atoms with van der Waals surface area (Å²) in [7, 11) is 1.76. The Kier molecular flexibility index (Phi) is 11.2. The molecule has 2 aromatic rings. The van der Waals surface area contributed by atoms with Crippen LogP contribution in [0.5, 0.6) is 5.75 Å². The second-order valence-corrected chi connectivity index (χ2v) is 21.7. The molecule has 2 rings (SSSR count). The SMILES string of the molecule is CCC[CH2][Sn]([CH2]CCC)([CH2]CCC)/[C](=C/c1ccccc1OC)c1ccc(C#N)cc1. The molecule has 0 aliphatic rings. The Labute approximate surface area is 194 Å². The second kappa shape index (κ2) is 13.6. The summed E-state index contributed by atoms with van der Waals surface area (Å²) in [6, 6.07) is 19.0. The van der Waals surface area contributed by atoms with Crippen molar-refractivity contribution in [2.45, 2.75) is 72.6 Å². The van der Waals surface area contributed by atoms with Crippen LogP contribution >= 0.6 is 0 Å². The fourth-order valence-corrected chi connectivity index (χ4v) is 21.3. The summed E-state index contributed by atoms with van der Waals surface area (Å²) in [5, 5.41) is 9.31. The quantitative estimate of drug-likeness (QED) is 0.195. The van der Waals surface area contributed by atoms with Crippen molar-refractivity contribution in [1.82, 2.24) is 0 Å². The van der Waals surface area contributed by atoms with Crippen LogP contribution in [-0.4, -0.2) is 25.5 Å². The molecule has 0 amide bonds. The Morgan fingerprint density at radius 1 is 0.871 bits per heavy atom. The van der Waals surface area contributed by atoms with E-state index in [1.54, 1.807) is 10.7 Å². The summed E-state index contributed by atoms with van der Waals surface area (Å²) in [4.78, 5) is 0. The summed E-state index contributed by atoms with van der Waals surface area (Å²) >= 11 is -2.72. The van der Waals surface area contributed by atoms with Crippen molar-refractivity contribution < 1.29 is 4.74 Å². The van der Waals surface area contributed by atoms with Crippen LogP contribution in [0.1, 0.15) is 76.0 Å². The molecule has 0 saturated heterocycles. The molecule has 0 unspecified atom stereocenters. The molecule has 31 heavy (non-hydrogen) atoms. The molecular weight excluding hydrogens is 485 g/mol. The normalized spacial score (nSPS) is 11.9. The van der Waals surface area contributed by atoms with Crippen molar-refractivity contribution in [3.63, 3.8) is 0 Å². The number of benzene rings is 2. The van der Waals surface area contributed by atoms with Gasteiger partial charge in [-0.2, -0.15) is 0 Å². The summed E-state index contributed by atoms with van der Waals surface area (Å²) in [5.74, 6) is 0.940. The Morgan fingerprint density at radius 2 is 1.42 bits per heavy atom. The number of para-hydroxylation sites is 1. The first kappa shape index (κ1) is 25.5. The van der Waals surface area contributed by atoms with Gasteiger partial charge in [-0.1, -0.05) is 0 Å². The van der Waals surface area contributed by atoms with Gasteiger partial charge >= 0.3 is 195 Å². The van der Waals surface area contributed by atoms with Crippen molar-refractivity contribution >= 4 is 28.0 Å². The maximum absolute atomic E-state index is 9.31. The monoisotopic (exact) mass is 525 g/mol. The van der Waals surface area contributed by atoms with E-state index >= 15 is 0 Å². The second-order valence-electron chi connectivity index (χ2n) is 8.58. The average Bonchev–Trinajstić information content (AvgIpc) is 2.83. The zero-order valence-corrected chi connectivity index (χ0v) is 22.8. The van der Waals surface area contributed by atoms with Crippen molar-refractivity contribution in [2.24, 2.45) is 0 Å². The van der Waals surface area contributed by atoms with E-state index in [1.807, 2.05) is 18.2 Å². The van der Waals surface area contributed by atoms with Crippen LogP contribution in [-0.2, 0) is 0 Å². The van der Waals surface area contributed by atoms with Gasteiger partial charge in [0.15, 0.2) is 0 Å². The first-order valence-electron chi connectivity index (χ1n) is 12.0. The van der Waals surface area contributed by atoms with E-state index in [1.165, 1.54) is 63.0 Å². The van der Waals surface area contributed by atoms with Crippen LogP contribution in [0.15, 0.2) is 48.5 Å². The number of hydrogen-bond donors (Lipinski definition) is 0. The van der Waals surface area contributed by atoms with E-state index in [4.69, 9.17) is 4.74 Å². The number of nitrogens with zero attached hydrogens (tertiary/aromatic N) is 1. The zero-order valence-electron chi connectivity index (χ0n) is 19.9. The minimum atomic E-state index is -2.72. The summed E-state index contributed by atoms with van der Waals surface area (Å²) in [6.45, 7) is 6.96. The molecule has 0 radical (unpaired) electrons. The Hall–Kier alpha value is -1.73. The molecular formula is C28H39NOSn. The summed E-state index contributed by atoms with van der Waals surface area (Å²) in [6.07, 6.45) is 10.2. The Balaban J connectivity index is 2.71. The summed E-state index contributed by atoms with van der Waals surface area (Å²) in [5.41, 5.74) is 3.23. The number of rotatable bonds is 13. The maximum atomic E-state index is 9.31. The van der Waals surface area contributed by atoms with Gasteiger partial charge in [0.2, 0.25) is 0 Å².